The van der Waals surface area contributed by atoms with E-state index in [1.165, 1.54) is 17.7 Å². The van der Waals surface area contributed by atoms with Gasteiger partial charge in [-0.1, -0.05) is 42.8 Å². The van der Waals surface area contributed by atoms with E-state index in [0.717, 1.165) is 18.1 Å². The molecular weight excluding hydrogens is 319 g/mol. The quantitative estimate of drug-likeness (QED) is 0.843. The summed E-state index contributed by atoms with van der Waals surface area (Å²) in [5.74, 6) is -2.47. The van der Waals surface area contributed by atoms with Crippen LogP contribution in [-0.4, -0.2) is 11.8 Å². The summed E-state index contributed by atoms with van der Waals surface area (Å²) < 4.78 is 13.6. The molecule has 0 aliphatic heterocycles. The summed E-state index contributed by atoms with van der Waals surface area (Å²) in [5, 5.41) is 4.90. The number of amides is 2. The minimum atomic E-state index is -0.934. The molecule has 0 saturated carbocycles. The van der Waals surface area contributed by atoms with E-state index in [1.54, 1.807) is 0 Å². The second-order valence-corrected chi connectivity index (χ2v) is 5.37. The molecule has 0 bridgehead atoms. The Bertz CT molecular complexity index is 717. The van der Waals surface area contributed by atoms with E-state index in [-0.39, 0.29) is 17.3 Å². The highest BCUT2D eigenvalue weighted by Gasteiger charge is 2.15. The monoisotopic (exact) mass is 334 g/mol. The number of aryl methyl sites for hydroxylation is 1. The van der Waals surface area contributed by atoms with Crippen LogP contribution in [0.4, 0.5) is 10.1 Å². The van der Waals surface area contributed by atoms with E-state index in [2.05, 4.69) is 17.6 Å². The zero-order chi connectivity index (χ0) is 16.8. The Kier molecular flexibility index (Phi) is 5.71. The van der Waals surface area contributed by atoms with Crippen molar-refractivity contribution in [3.63, 3.8) is 0 Å². The molecule has 0 radical (unpaired) electrons. The number of halogens is 2. The van der Waals surface area contributed by atoms with Crippen LogP contribution in [-0.2, 0) is 22.6 Å². The molecule has 0 heterocycles. The summed E-state index contributed by atoms with van der Waals surface area (Å²) in [5.41, 5.74) is 1.97. The molecule has 4 nitrogen and oxygen atoms in total. The van der Waals surface area contributed by atoms with Gasteiger partial charge in [0.05, 0.1) is 5.69 Å². The molecule has 2 aromatic carbocycles. The first-order chi connectivity index (χ1) is 11.0. The number of carbonyl (C=O) groups excluding carboxylic acids is 2. The fourth-order valence-electron chi connectivity index (χ4n) is 1.93. The Morgan fingerprint density at radius 2 is 1.70 bits per heavy atom. The van der Waals surface area contributed by atoms with Crippen LogP contribution in [0.25, 0.3) is 0 Å². The number of rotatable bonds is 4. The van der Waals surface area contributed by atoms with Crippen LogP contribution in [0, 0.1) is 5.82 Å². The second kappa shape index (κ2) is 7.74. The Labute approximate surface area is 138 Å². The normalized spacial score (nSPS) is 10.2. The third kappa shape index (κ3) is 4.79. The minimum absolute atomic E-state index is 0.0955. The molecule has 6 heteroatoms. The summed E-state index contributed by atoms with van der Waals surface area (Å²) >= 11 is 5.62. The number of benzene rings is 2. The summed E-state index contributed by atoms with van der Waals surface area (Å²) in [6.45, 7) is 2.27. The number of nitrogens with one attached hydrogen (secondary N) is 2. The first-order valence-corrected chi connectivity index (χ1v) is 7.49. The first kappa shape index (κ1) is 17.0. The number of hydrogen-bond donors (Lipinski definition) is 2. The van der Waals surface area contributed by atoms with Gasteiger partial charge in [-0.15, -0.1) is 0 Å². The Morgan fingerprint density at radius 3 is 2.30 bits per heavy atom. The van der Waals surface area contributed by atoms with Crippen LogP contribution < -0.4 is 10.6 Å². The van der Waals surface area contributed by atoms with Crippen molar-refractivity contribution in [1.82, 2.24) is 5.32 Å². The predicted molar refractivity (Wildman–Crippen MR) is 87.7 cm³/mol. The van der Waals surface area contributed by atoms with Crippen LogP contribution in [0.15, 0.2) is 42.5 Å². The first-order valence-electron chi connectivity index (χ1n) is 7.11. The molecule has 0 fully saturated rings. The maximum atomic E-state index is 13.6. The molecule has 0 atom stereocenters. The number of anilines is 1. The van der Waals surface area contributed by atoms with Gasteiger partial charge in [0.25, 0.3) is 0 Å². The lowest BCUT2D eigenvalue weighted by Gasteiger charge is -2.08. The SMILES string of the molecule is CCc1ccc(CNC(=O)C(=O)Nc2ccc(Cl)cc2F)cc1. The lowest BCUT2D eigenvalue weighted by atomic mass is 10.1. The number of carbonyl (C=O) groups is 2. The molecule has 2 rings (SSSR count). The number of hydrogen-bond acceptors (Lipinski definition) is 2. The van der Waals surface area contributed by atoms with Crippen LogP contribution >= 0.6 is 11.6 Å². The Balaban J connectivity index is 1.90. The minimum Gasteiger partial charge on any atom is -0.344 e. The molecule has 0 saturated heterocycles. The molecule has 0 unspecified atom stereocenters. The summed E-state index contributed by atoms with van der Waals surface area (Å²) in [7, 11) is 0. The van der Waals surface area contributed by atoms with Gasteiger partial charge in [0, 0.05) is 11.6 Å². The standard InChI is InChI=1S/C17H16ClFN2O2/c1-2-11-3-5-12(6-4-11)10-20-16(22)17(23)21-15-8-7-13(18)9-14(15)19/h3-9H,2,10H2,1H3,(H,20,22)(H,21,23). The summed E-state index contributed by atoms with van der Waals surface area (Å²) in [6.07, 6.45) is 0.932. The van der Waals surface area contributed by atoms with Crippen LogP contribution in [0.1, 0.15) is 18.1 Å². The molecule has 2 N–H and O–H groups in total. The zero-order valence-electron chi connectivity index (χ0n) is 12.5. The fourth-order valence-corrected chi connectivity index (χ4v) is 2.08. The largest absolute Gasteiger partial charge is 0.344 e. The third-order valence-corrected chi connectivity index (χ3v) is 3.50. The van der Waals surface area contributed by atoms with Crippen molar-refractivity contribution in [1.29, 1.82) is 0 Å². The van der Waals surface area contributed by atoms with Gasteiger partial charge < -0.3 is 10.6 Å². The van der Waals surface area contributed by atoms with Gasteiger partial charge in [-0.25, -0.2) is 4.39 Å². The van der Waals surface area contributed by atoms with Crippen molar-refractivity contribution in [3.05, 3.63) is 64.4 Å². The molecule has 0 aliphatic rings. The van der Waals surface area contributed by atoms with Gasteiger partial charge in [0.15, 0.2) is 0 Å². The lowest BCUT2D eigenvalue weighted by Crippen LogP contribution is -2.35. The van der Waals surface area contributed by atoms with Crippen molar-refractivity contribution in [2.75, 3.05) is 5.32 Å². The highest BCUT2D eigenvalue weighted by Crippen LogP contribution is 2.18. The summed E-state index contributed by atoms with van der Waals surface area (Å²) in [6, 6.07) is 11.5. The van der Waals surface area contributed by atoms with Gasteiger partial charge in [-0.2, -0.15) is 0 Å². The lowest BCUT2D eigenvalue weighted by molar-refractivity contribution is -0.136. The van der Waals surface area contributed by atoms with Crippen molar-refractivity contribution < 1.29 is 14.0 Å². The zero-order valence-corrected chi connectivity index (χ0v) is 13.3. The van der Waals surface area contributed by atoms with E-state index in [1.807, 2.05) is 24.3 Å². The topological polar surface area (TPSA) is 58.2 Å². The van der Waals surface area contributed by atoms with Crippen molar-refractivity contribution in [2.24, 2.45) is 0 Å². The van der Waals surface area contributed by atoms with E-state index in [0.29, 0.717) is 0 Å². The third-order valence-electron chi connectivity index (χ3n) is 3.27. The van der Waals surface area contributed by atoms with Crippen molar-refractivity contribution in [2.45, 2.75) is 19.9 Å². The fraction of sp³-hybridized carbons (Fsp3) is 0.176. The van der Waals surface area contributed by atoms with E-state index >= 15 is 0 Å². The van der Waals surface area contributed by atoms with Gasteiger partial charge in [-0.3, -0.25) is 9.59 Å². The maximum absolute atomic E-state index is 13.6. The van der Waals surface area contributed by atoms with Crippen molar-refractivity contribution >= 4 is 29.1 Å². The molecule has 0 spiro atoms. The molecule has 2 amide bonds. The van der Waals surface area contributed by atoms with E-state index in [9.17, 15) is 14.0 Å². The van der Waals surface area contributed by atoms with Gasteiger partial charge in [0.2, 0.25) is 0 Å². The maximum Gasteiger partial charge on any atom is 0.313 e. The Hall–Kier alpha value is -2.40. The highest BCUT2D eigenvalue weighted by atomic mass is 35.5. The van der Waals surface area contributed by atoms with Crippen LogP contribution in [0.5, 0.6) is 0 Å². The molecule has 23 heavy (non-hydrogen) atoms. The van der Waals surface area contributed by atoms with Crippen LogP contribution in [0.2, 0.25) is 5.02 Å². The second-order valence-electron chi connectivity index (χ2n) is 4.93. The Morgan fingerprint density at radius 1 is 1.04 bits per heavy atom. The van der Waals surface area contributed by atoms with Gasteiger partial charge >= 0.3 is 11.8 Å². The van der Waals surface area contributed by atoms with Gasteiger partial charge in [0.1, 0.15) is 5.82 Å². The van der Waals surface area contributed by atoms with Crippen molar-refractivity contribution in [3.8, 4) is 0 Å². The molecule has 2 aromatic rings. The molecule has 0 aliphatic carbocycles. The molecule has 0 aromatic heterocycles. The average Bonchev–Trinajstić information content (AvgIpc) is 2.55. The van der Waals surface area contributed by atoms with Gasteiger partial charge in [-0.05, 0) is 35.7 Å². The molecule has 120 valence electrons. The smallest absolute Gasteiger partial charge is 0.313 e. The van der Waals surface area contributed by atoms with Crippen LogP contribution in [0.3, 0.4) is 0 Å². The average molecular weight is 335 g/mol. The predicted octanol–water partition coefficient (Wildman–Crippen LogP) is 3.30. The van der Waals surface area contributed by atoms with E-state index < -0.39 is 17.6 Å². The highest BCUT2D eigenvalue weighted by molar-refractivity contribution is 6.39. The summed E-state index contributed by atoms with van der Waals surface area (Å²) in [4.78, 5) is 23.5. The molecular formula is C17H16ClFN2O2. The van der Waals surface area contributed by atoms with E-state index in [4.69, 9.17) is 11.6 Å².